The Hall–Kier alpha value is -1.58. The summed E-state index contributed by atoms with van der Waals surface area (Å²) in [6.45, 7) is 1.86. The summed E-state index contributed by atoms with van der Waals surface area (Å²) in [5.41, 5.74) is 1.66. The molecule has 2 aromatic rings. The van der Waals surface area contributed by atoms with Crippen molar-refractivity contribution in [2.75, 3.05) is 0 Å². The number of aryl methyl sites for hydroxylation is 1. The molecular weight excluding hydrogens is 144 g/mol. The van der Waals surface area contributed by atoms with Crippen LogP contribution in [0.5, 0.6) is 0 Å². The highest BCUT2D eigenvalue weighted by atomic mass is 16.5. The zero-order valence-corrected chi connectivity index (χ0v) is 5.94. The molecule has 0 saturated carbocycles. The molecular formula is C7H6N2O2. The minimum Gasteiger partial charge on any atom is -0.364 e. The highest BCUT2D eigenvalue weighted by Crippen LogP contribution is 2.18. The summed E-state index contributed by atoms with van der Waals surface area (Å²) in [5.74, 6) is 0.684. The van der Waals surface area contributed by atoms with Gasteiger partial charge in [0.2, 0.25) is 0 Å². The monoisotopic (exact) mass is 150 g/mol. The van der Waals surface area contributed by atoms with Crippen molar-refractivity contribution in [2.24, 2.45) is 0 Å². The fourth-order valence-corrected chi connectivity index (χ4v) is 0.826. The van der Waals surface area contributed by atoms with Gasteiger partial charge in [-0.3, -0.25) is 0 Å². The van der Waals surface area contributed by atoms with Gasteiger partial charge in [0.15, 0.2) is 5.76 Å². The summed E-state index contributed by atoms with van der Waals surface area (Å²) in [7, 11) is 0. The van der Waals surface area contributed by atoms with Crippen LogP contribution in [0.25, 0.3) is 11.3 Å². The van der Waals surface area contributed by atoms with E-state index in [4.69, 9.17) is 4.52 Å². The van der Waals surface area contributed by atoms with E-state index in [1.807, 2.05) is 13.0 Å². The first kappa shape index (κ1) is 6.15. The smallest absolute Gasteiger partial charge is 0.172 e. The van der Waals surface area contributed by atoms with Gasteiger partial charge < -0.3 is 9.05 Å². The molecule has 0 radical (unpaired) electrons. The first-order chi connectivity index (χ1) is 5.36. The lowest BCUT2D eigenvalue weighted by Gasteiger charge is -1.79. The van der Waals surface area contributed by atoms with Gasteiger partial charge in [0.05, 0.1) is 17.5 Å². The van der Waals surface area contributed by atoms with Crippen LogP contribution in [0.2, 0.25) is 0 Å². The summed E-state index contributed by atoms with van der Waals surface area (Å²) < 4.78 is 9.60. The molecule has 0 saturated heterocycles. The second-order valence-electron chi connectivity index (χ2n) is 2.25. The molecule has 2 rings (SSSR count). The maximum Gasteiger partial charge on any atom is 0.172 e. The minimum atomic E-state index is 0.684. The van der Waals surface area contributed by atoms with Gasteiger partial charge in [-0.05, 0) is 6.92 Å². The minimum absolute atomic E-state index is 0.684. The Balaban J connectivity index is 2.45. The van der Waals surface area contributed by atoms with Crippen LogP contribution in [-0.2, 0) is 0 Å². The molecule has 0 aliphatic rings. The summed E-state index contributed by atoms with van der Waals surface area (Å²) in [4.78, 5) is 0. The van der Waals surface area contributed by atoms with Crippen LogP contribution in [0.1, 0.15) is 5.69 Å². The van der Waals surface area contributed by atoms with E-state index in [2.05, 4.69) is 14.8 Å². The largest absolute Gasteiger partial charge is 0.364 e. The van der Waals surface area contributed by atoms with Crippen molar-refractivity contribution >= 4 is 0 Å². The standard InChI is InChI=1S/C7H6N2O2/c1-5-2-7(11-9-5)6-3-8-10-4-6/h2-4H,1H3. The van der Waals surface area contributed by atoms with E-state index in [0.29, 0.717) is 5.76 Å². The highest BCUT2D eigenvalue weighted by Gasteiger charge is 2.04. The predicted molar refractivity (Wildman–Crippen MR) is 36.7 cm³/mol. The summed E-state index contributed by atoms with van der Waals surface area (Å²) >= 11 is 0. The molecule has 0 aliphatic heterocycles. The van der Waals surface area contributed by atoms with Gasteiger partial charge in [0, 0.05) is 6.07 Å². The van der Waals surface area contributed by atoms with Gasteiger partial charge in [-0.2, -0.15) is 0 Å². The lowest BCUT2D eigenvalue weighted by atomic mass is 10.3. The Morgan fingerprint density at radius 2 is 2.36 bits per heavy atom. The van der Waals surface area contributed by atoms with E-state index in [0.717, 1.165) is 11.3 Å². The normalized spacial score (nSPS) is 10.3. The Morgan fingerprint density at radius 1 is 1.45 bits per heavy atom. The molecule has 56 valence electrons. The molecule has 2 heterocycles. The van der Waals surface area contributed by atoms with Crippen LogP contribution in [0.3, 0.4) is 0 Å². The first-order valence-electron chi connectivity index (χ1n) is 3.19. The number of nitrogens with zero attached hydrogens (tertiary/aromatic N) is 2. The number of aromatic nitrogens is 2. The zero-order chi connectivity index (χ0) is 7.68. The summed E-state index contributed by atoms with van der Waals surface area (Å²) in [6.07, 6.45) is 3.10. The van der Waals surface area contributed by atoms with E-state index >= 15 is 0 Å². The highest BCUT2D eigenvalue weighted by molar-refractivity contribution is 5.53. The second-order valence-corrected chi connectivity index (χ2v) is 2.25. The van der Waals surface area contributed by atoms with Gasteiger partial charge in [0.25, 0.3) is 0 Å². The van der Waals surface area contributed by atoms with Crippen molar-refractivity contribution in [3.8, 4) is 11.3 Å². The number of hydrogen-bond donors (Lipinski definition) is 0. The third kappa shape index (κ3) is 1.02. The average molecular weight is 150 g/mol. The molecule has 0 amide bonds. The van der Waals surface area contributed by atoms with E-state index in [9.17, 15) is 0 Å². The van der Waals surface area contributed by atoms with E-state index in [-0.39, 0.29) is 0 Å². The van der Waals surface area contributed by atoms with Crippen LogP contribution >= 0.6 is 0 Å². The second kappa shape index (κ2) is 2.23. The lowest BCUT2D eigenvalue weighted by molar-refractivity contribution is 0.416. The lowest BCUT2D eigenvalue weighted by Crippen LogP contribution is -1.63. The van der Waals surface area contributed by atoms with E-state index < -0.39 is 0 Å². The summed E-state index contributed by atoms with van der Waals surface area (Å²) in [5, 5.41) is 7.27. The average Bonchev–Trinajstić information content (AvgIpc) is 2.55. The molecule has 0 aromatic carbocycles. The topological polar surface area (TPSA) is 52.1 Å². The van der Waals surface area contributed by atoms with E-state index in [1.54, 1.807) is 6.20 Å². The Labute approximate surface area is 62.8 Å². The van der Waals surface area contributed by atoms with Gasteiger partial charge in [-0.25, -0.2) is 0 Å². The molecule has 0 spiro atoms. The fourth-order valence-electron chi connectivity index (χ4n) is 0.826. The molecule has 2 aromatic heterocycles. The molecule has 4 heteroatoms. The molecule has 11 heavy (non-hydrogen) atoms. The zero-order valence-electron chi connectivity index (χ0n) is 5.94. The maximum atomic E-state index is 4.96. The number of hydrogen-bond acceptors (Lipinski definition) is 4. The Bertz CT molecular complexity index is 337. The van der Waals surface area contributed by atoms with Gasteiger partial charge in [0.1, 0.15) is 6.26 Å². The quantitative estimate of drug-likeness (QED) is 0.620. The fraction of sp³-hybridized carbons (Fsp3) is 0.143. The molecule has 4 nitrogen and oxygen atoms in total. The van der Waals surface area contributed by atoms with Crippen LogP contribution < -0.4 is 0 Å². The first-order valence-corrected chi connectivity index (χ1v) is 3.19. The van der Waals surface area contributed by atoms with Crippen LogP contribution in [0.15, 0.2) is 27.6 Å². The SMILES string of the molecule is Cc1cc(-c2cnoc2)on1. The van der Waals surface area contributed by atoms with Crippen molar-refractivity contribution in [1.82, 2.24) is 10.3 Å². The van der Waals surface area contributed by atoms with Gasteiger partial charge in [-0.1, -0.05) is 10.3 Å². The Kier molecular flexibility index (Phi) is 1.25. The summed E-state index contributed by atoms with van der Waals surface area (Å²) in [6, 6.07) is 1.83. The molecule has 0 atom stereocenters. The van der Waals surface area contributed by atoms with Crippen molar-refractivity contribution in [1.29, 1.82) is 0 Å². The van der Waals surface area contributed by atoms with Crippen molar-refractivity contribution < 1.29 is 9.05 Å². The van der Waals surface area contributed by atoms with Crippen LogP contribution in [-0.4, -0.2) is 10.3 Å². The molecule has 0 N–H and O–H groups in total. The van der Waals surface area contributed by atoms with Crippen molar-refractivity contribution in [2.45, 2.75) is 6.92 Å². The Morgan fingerprint density at radius 3 is 2.91 bits per heavy atom. The molecule has 0 bridgehead atoms. The third-order valence-corrected chi connectivity index (χ3v) is 1.34. The molecule has 0 aliphatic carbocycles. The van der Waals surface area contributed by atoms with Crippen LogP contribution in [0, 0.1) is 6.92 Å². The third-order valence-electron chi connectivity index (χ3n) is 1.34. The predicted octanol–water partition coefficient (Wildman–Crippen LogP) is 1.64. The van der Waals surface area contributed by atoms with Gasteiger partial charge >= 0.3 is 0 Å². The number of rotatable bonds is 1. The maximum absolute atomic E-state index is 4.96. The van der Waals surface area contributed by atoms with Gasteiger partial charge in [-0.15, -0.1) is 0 Å². The van der Waals surface area contributed by atoms with E-state index in [1.165, 1.54) is 6.26 Å². The molecule has 0 fully saturated rings. The van der Waals surface area contributed by atoms with Crippen molar-refractivity contribution in [3.63, 3.8) is 0 Å². The molecule has 0 unspecified atom stereocenters. The van der Waals surface area contributed by atoms with Crippen LogP contribution in [0.4, 0.5) is 0 Å². The van der Waals surface area contributed by atoms with Crippen molar-refractivity contribution in [3.05, 3.63) is 24.2 Å².